The predicted octanol–water partition coefficient (Wildman–Crippen LogP) is 3.05. The van der Waals surface area contributed by atoms with Crippen LogP contribution in [-0.2, 0) is 0 Å². The lowest BCUT2D eigenvalue weighted by atomic mass is 9.99. The molecule has 92 valence electrons. The molecule has 19 heavy (non-hydrogen) atoms. The summed E-state index contributed by atoms with van der Waals surface area (Å²) in [7, 11) is 0. The zero-order valence-corrected chi connectivity index (χ0v) is 10.9. The van der Waals surface area contributed by atoms with E-state index in [1.54, 1.807) is 13.0 Å². The molecule has 0 bridgehead atoms. The van der Waals surface area contributed by atoms with Crippen LogP contribution in [0, 0.1) is 29.6 Å². The van der Waals surface area contributed by atoms with Crippen molar-refractivity contribution in [1.82, 2.24) is 0 Å². The van der Waals surface area contributed by atoms with Crippen molar-refractivity contribution in [2.45, 2.75) is 6.92 Å². The summed E-state index contributed by atoms with van der Waals surface area (Å²) in [5.74, 6) is -0.312. The summed E-state index contributed by atoms with van der Waals surface area (Å²) in [5.41, 5.74) is 1.58. The number of nitriles is 2. The van der Waals surface area contributed by atoms with Crippen molar-refractivity contribution >= 4 is 22.2 Å². The highest BCUT2D eigenvalue weighted by Gasteiger charge is 2.14. The maximum Gasteiger partial charge on any atom is 0.256 e. The second kappa shape index (κ2) is 5.34. The summed E-state index contributed by atoms with van der Waals surface area (Å²) in [6.45, 7) is 1.70. The van der Waals surface area contributed by atoms with E-state index < -0.39 is 0 Å². The number of hydrogen-bond acceptors (Lipinski definition) is 4. The molecule has 0 aliphatic carbocycles. The molecule has 1 amide bonds. The number of benzene rings is 1. The first-order valence-electron chi connectivity index (χ1n) is 5.45. The van der Waals surface area contributed by atoms with Crippen molar-refractivity contribution in [3.8, 4) is 12.1 Å². The Kier molecular flexibility index (Phi) is 3.61. The molecule has 0 atom stereocenters. The average molecular weight is 267 g/mol. The van der Waals surface area contributed by atoms with Gasteiger partial charge in [0.15, 0.2) is 0 Å². The van der Waals surface area contributed by atoms with Gasteiger partial charge in [0.1, 0.15) is 0 Å². The second-order valence-electron chi connectivity index (χ2n) is 3.85. The van der Waals surface area contributed by atoms with Crippen LogP contribution in [0.4, 0.5) is 5.00 Å². The zero-order valence-electron chi connectivity index (χ0n) is 10.1. The molecule has 1 N–H and O–H groups in total. The Bertz CT molecular complexity index is 706. The van der Waals surface area contributed by atoms with E-state index in [9.17, 15) is 4.79 Å². The lowest BCUT2D eigenvalue weighted by molar-refractivity contribution is 0.102. The van der Waals surface area contributed by atoms with Gasteiger partial charge in [-0.2, -0.15) is 10.5 Å². The van der Waals surface area contributed by atoms with E-state index in [-0.39, 0.29) is 5.91 Å². The third kappa shape index (κ3) is 2.62. The molecule has 1 heterocycles. The Balaban J connectivity index is 2.42. The first kappa shape index (κ1) is 12.8. The highest BCUT2D eigenvalue weighted by atomic mass is 32.1. The molecule has 4 nitrogen and oxygen atoms in total. The van der Waals surface area contributed by atoms with Gasteiger partial charge in [0, 0.05) is 5.56 Å². The minimum atomic E-state index is -0.312. The molecular weight excluding hydrogens is 258 g/mol. The number of carbonyl (C=O) groups is 1. The minimum Gasteiger partial charge on any atom is -0.314 e. The van der Waals surface area contributed by atoms with Gasteiger partial charge < -0.3 is 5.32 Å². The Hall–Kier alpha value is -2.63. The van der Waals surface area contributed by atoms with Crippen LogP contribution in [0.1, 0.15) is 27.0 Å². The summed E-state index contributed by atoms with van der Waals surface area (Å²) in [4.78, 5) is 12.1. The van der Waals surface area contributed by atoms with Crippen LogP contribution in [0.25, 0.3) is 0 Å². The fraction of sp³-hybridized carbons (Fsp3) is 0.0714. The molecule has 5 heteroatoms. The highest BCUT2D eigenvalue weighted by molar-refractivity contribution is 7.14. The first-order chi connectivity index (χ1) is 9.15. The lowest BCUT2D eigenvalue weighted by Gasteiger charge is -2.08. The number of thiophene rings is 1. The molecule has 0 spiro atoms. The quantitative estimate of drug-likeness (QED) is 0.908. The fourth-order valence-electron chi connectivity index (χ4n) is 1.66. The minimum absolute atomic E-state index is 0.304. The molecule has 0 saturated heterocycles. The van der Waals surface area contributed by atoms with Crippen LogP contribution >= 0.6 is 11.3 Å². The third-order valence-corrected chi connectivity index (χ3v) is 3.45. The Labute approximate surface area is 114 Å². The average Bonchev–Trinajstić information content (AvgIpc) is 2.91. The van der Waals surface area contributed by atoms with Gasteiger partial charge in [-0.15, -0.1) is 11.3 Å². The van der Waals surface area contributed by atoms with Gasteiger partial charge in [0.05, 0.1) is 28.3 Å². The molecule has 2 rings (SSSR count). The van der Waals surface area contributed by atoms with E-state index in [2.05, 4.69) is 5.32 Å². The van der Waals surface area contributed by atoms with Crippen molar-refractivity contribution in [2.75, 3.05) is 5.32 Å². The molecular formula is C14H9N3OS. The fourth-order valence-corrected chi connectivity index (χ4v) is 2.27. The third-order valence-electron chi connectivity index (χ3n) is 2.66. The summed E-state index contributed by atoms with van der Waals surface area (Å²) < 4.78 is 0. The van der Waals surface area contributed by atoms with Gasteiger partial charge >= 0.3 is 0 Å². The van der Waals surface area contributed by atoms with E-state index in [0.29, 0.717) is 22.3 Å². The molecule has 0 fully saturated rings. The molecule has 1 aromatic carbocycles. The van der Waals surface area contributed by atoms with Crippen molar-refractivity contribution in [1.29, 1.82) is 10.5 Å². The lowest BCUT2D eigenvalue weighted by Crippen LogP contribution is -2.13. The molecule has 0 saturated carbocycles. The van der Waals surface area contributed by atoms with Crippen LogP contribution in [0.15, 0.2) is 29.6 Å². The Morgan fingerprint density at radius 3 is 2.68 bits per heavy atom. The number of rotatable bonds is 2. The van der Waals surface area contributed by atoms with Gasteiger partial charge in [0.2, 0.25) is 0 Å². The number of amides is 1. The van der Waals surface area contributed by atoms with Crippen molar-refractivity contribution in [2.24, 2.45) is 0 Å². The summed E-state index contributed by atoms with van der Waals surface area (Å²) in [5, 5.41) is 23.3. The largest absolute Gasteiger partial charge is 0.314 e. The molecule has 0 radical (unpaired) electrons. The highest BCUT2D eigenvalue weighted by Crippen LogP contribution is 2.20. The zero-order chi connectivity index (χ0) is 13.8. The van der Waals surface area contributed by atoms with Crippen LogP contribution in [0.3, 0.4) is 0 Å². The van der Waals surface area contributed by atoms with E-state index >= 15 is 0 Å². The van der Waals surface area contributed by atoms with Gasteiger partial charge in [-0.25, -0.2) is 0 Å². The molecule has 2 aromatic rings. The van der Waals surface area contributed by atoms with Gasteiger partial charge in [0.25, 0.3) is 5.91 Å². The monoisotopic (exact) mass is 267 g/mol. The van der Waals surface area contributed by atoms with Gasteiger partial charge in [-0.3, -0.25) is 4.79 Å². The van der Waals surface area contributed by atoms with E-state index in [0.717, 1.165) is 5.00 Å². The van der Waals surface area contributed by atoms with E-state index in [1.165, 1.54) is 23.5 Å². The van der Waals surface area contributed by atoms with Crippen LogP contribution < -0.4 is 5.32 Å². The molecule has 0 aliphatic heterocycles. The normalized spacial score (nSPS) is 9.42. The number of anilines is 1. The molecule has 0 unspecified atom stereocenters. The maximum absolute atomic E-state index is 12.1. The van der Waals surface area contributed by atoms with E-state index in [4.69, 9.17) is 10.5 Å². The topological polar surface area (TPSA) is 76.7 Å². The summed E-state index contributed by atoms with van der Waals surface area (Å²) >= 11 is 1.41. The predicted molar refractivity (Wildman–Crippen MR) is 72.9 cm³/mol. The SMILES string of the molecule is Cc1c(C#N)cc(C#N)cc1C(=O)Nc1cccs1. The smallest absolute Gasteiger partial charge is 0.256 e. The van der Waals surface area contributed by atoms with E-state index in [1.807, 2.05) is 23.6 Å². The first-order valence-corrected chi connectivity index (χ1v) is 6.33. The summed E-state index contributed by atoms with van der Waals surface area (Å²) in [6, 6.07) is 10.6. The van der Waals surface area contributed by atoms with Crippen LogP contribution in [0.5, 0.6) is 0 Å². The number of nitrogens with one attached hydrogen (secondary N) is 1. The van der Waals surface area contributed by atoms with Gasteiger partial charge in [-0.1, -0.05) is 0 Å². The summed E-state index contributed by atoms with van der Waals surface area (Å²) in [6.07, 6.45) is 0. The standard InChI is InChI=1S/C14H9N3OS/c1-9-11(8-16)5-10(7-15)6-12(9)14(18)17-13-3-2-4-19-13/h2-6H,1H3,(H,17,18). The van der Waals surface area contributed by atoms with Crippen molar-refractivity contribution in [3.05, 3.63) is 51.9 Å². The van der Waals surface area contributed by atoms with Crippen molar-refractivity contribution < 1.29 is 4.79 Å². The maximum atomic E-state index is 12.1. The Morgan fingerprint density at radius 2 is 2.11 bits per heavy atom. The van der Waals surface area contributed by atoms with Crippen LogP contribution in [-0.4, -0.2) is 5.91 Å². The number of hydrogen-bond donors (Lipinski definition) is 1. The number of nitrogens with zero attached hydrogens (tertiary/aromatic N) is 2. The van der Waals surface area contributed by atoms with Crippen molar-refractivity contribution in [3.63, 3.8) is 0 Å². The Morgan fingerprint density at radius 1 is 1.32 bits per heavy atom. The molecule has 0 aliphatic rings. The molecule has 1 aromatic heterocycles. The second-order valence-corrected chi connectivity index (χ2v) is 4.80. The van der Waals surface area contributed by atoms with Gasteiger partial charge in [-0.05, 0) is 42.1 Å². The number of carbonyl (C=O) groups excluding carboxylic acids is 1. The van der Waals surface area contributed by atoms with Crippen LogP contribution in [0.2, 0.25) is 0 Å².